The fraction of sp³-hybridized carbons (Fsp3) is 0.0714. The third kappa shape index (κ3) is 3.23. The molecule has 3 nitrogen and oxygen atoms in total. The molecule has 0 spiro atoms. The summed E-state index contributed by atoms with van der Waals surface area (Å²) in [5, 5.41) is 0.155. The van der Waals surface area contributed by atoms with Crippen molar-refractivity contribution in [2.45, 2.75) is 4.90 Å². The van der Waals surface area contributed by atoms with Crippen molar-refractivity contribution in [2.24, 2.45) is 0 Å². The summed E-state index contributed by atoms with van der Waals surface area (Å²) in [4.78, 5) is 13.5. The first-order chi connectivity index (χ1) is 9.49. The topological polar surface area (TPSA) is 29.5 Å². The Kier molecular flexibility index (Phi) is 4.52. The lowest BCUT2D eigenvalue weighted by atomic mass is 10.3. The molecule has 1 amide bonds. The van der Waals surface area contributed by atoms with Crippen molar-refractivity contribution in [1.82, 2.24) is 0 Å². The van der Waals surface area contributed by atoms with Crippen molar-refractivity contribution in [3.8, 4) is 5.75 Å². The van der Waals surface area contributed by atoms with E-state index in [1.54, 1.807) is 24.3 Å². The smallest absolute Gasteiger partial charge is 0.407 e. The summed E-state index contributed by atoms with van der Waals surface area (Å²) in [7, 11) is 1.53. The molecule has 0 bridgehead atoms. The van der Waals surface area contributed by atoms with Gasteiger partial charge in [-0.2, -0.15) is 0 Å². The number of thiol groups is 1. The first-order valence-corrected chi connectivity index (χ1v) is 6.50. The van der Waals surface area contributed by atoms with Gasteiger partial charge in [-0.3, -0.25) is 4.90 Å². The Morgan fingerprint density at radius 3 is 2.60 bits per heavy atom. The molecule has 0 radical (unpaired) electrons. The normalized spacial score (nSPS) is 10.2. The fourth-order valence-electron chi connectivity index (χ4n) is 1.52. The monoisotopic (exact) mass is 311 g/mol. The number of carbonyl (C=O) groups excluding carboxylic acids is 1. The van der Waals surface area contributed by atoms with Gasteiger partial charge in [0.2, 0.25) is 0 Å². The van der Waals surface area contributed by atoms with Crippen molar-refractivity contribution in [3.63, 3.8) is 0 Å². The molecule has 0 heterocycles. The molecular formula is C14H11ClFNO2S. The molecule has 2 aromatic carbocycles. The van der Waals surface area contributed by atoms with Crippen LogP contribution in [0.15, 0.2) is 47.4 Å². The Morgan fingerprint density at radius 2 is 1.95 bits per heavy atom. The molecule has 6 heteroatoms. The lowest BCUT2D eigenvalue weighted by Gasteiger charge is -2.17. The zero-order chi connectivity index (χ0) is 14.7. The number of rotatable bonds is 2. The largest absolute Gasteiger partial charge is 0.419 e. The van der Waals surface area contributed by atoms with E-state index < -0.39 is 11.9 Å². The molecule has 20 heavy (non-hydrogen) atoms. The van der Waals surface area contributed by atoms with Gasteiger partial charge < -0.3 is 4.74 Å². The highest BCUT2D eigenvalue weighted by molar-refractivity contribution is 7.80. The quantitative estimate of drug-likeness (QED) is 0.833. The zero-order valence-electron chi connectivity index (χ0n) is 10.5. The molecule has 0 aliphatic carbocycles. The number of anilines is 1. The summed E-state index contributed by atoms with van der Waals surface area (Å²) in [5.41, 5.74) is 0.637. The second-order valence-corrected chi connectivity index (χ2v) is 4.89. The Hall–Kier alpha value is -1.72. The molecule has 0 saturated carbocycles. The van der Waals surface area contributed by atoms with E-state index in [4.69, 9.17) is 16.3 Å². The Morgan fingerprint density at radius 1 is 1.30 bits per heavy atom. The minimum absolute atomic E-state index is 0.155. The first-order valence-electron chi connectivity index (χ1n) is 5.67. The summed E-state index contributed by atoms with van der Waals surface area (Å²) in [6.07, 6.45) is -0.704. The van der Waals surface area contributed by atoms with Crippen LogP contribution in [-0.2, 0) is 0 Å². The maximum absolute atomic E-state index is 13.6. The Balaban J connectivity index is 2.18. The molecule has 0 aromatic heterocycles. The highest BCUT2D eigenvalue weighted by Gasteiger charge is 2.16. The van der Waals surface area contributed by atoms with Crippen molar-refractivity contribution < 1.29 is 13.9 Å². The molecule has 0 unspecified atom stereocenters. The van der Waals surface area contributed by atoms with Gasteiger partial charge in [0.1, 0.15) is 0 Å². The third-order valence-electron chi connectivity index (χ3n) is 2.62. The number of para-hydroxylation sites is 1. The molecule has 0 N–H and O–H groups in total. The van der Waals surface area contributed by atoms with Gasteiger partial charge in [-0.1, -0.05) is 29.8 Å². The van der Waals surface area contributed by atoms with Crippen molar-refractivity contribution in [1.29, 1.82) is 0 Å². The number of amides is 1. The minimum Gasteiger partial charge on any atom is -0.407 e. The van der Waals surface area contributed by atoms with Crippen LogP contribution >= 0.6 is 24.2 Å². The van der Waals surface area contributed by atoms with Gasteiger partial charge in [-0.15, -0.1) is 12.6 Å². The first kappa shape index (κ1) is 14.7. The van der Waals surface area contributed by atoms with E-state index in [1.165, 1.54) is 18.0 Å². The lowest BCUT2D eigenvalue weighted by molar-refractivity contribution is 0.207. The summed E-state index contributed by atoms with van der Waals surface area (Å²) in [6.45, 7) is 0. The van der Waals surface area contributed by atoms with Gasteiger partial charge in [0, 0.05) is 17.6 Å². The van der Waals surface area contributed by atoms with Gasteiger partial charge in [0.15, 0.2) is 11.6 Å². The Labute approximate surface area is 126 Å². The van der Waals surface area contributed by atoms with Crippen LogP contribution in [0.5, 0.6) is 5.75 Å². The second-order valence-electron chi connectivity index (χ2n) is 4.00. The maximum Gasteiger partial charge on any atom is 0.419 e. The number of halogens is 2. The third-order valence-corrected chi connectivity index (χ3v) is 3.43. The number of ether oxygens (including phenoxy) is 1. The van der Waals surface area contributed by atoms with Gasteiger partial charge in [-0.25, -0.2) is 9.18 Å². The Bertz CT molecular complexity index is 637. The van der Waals surface area contributed by atoms with Gasteiger partial charge in [0.25, 0.3) is 0 Å². The molecule has 2 rings (SSSR count). The van der Waals surface area contributed by atoms with Crippen LogP contribution in [0.4, 0.5) is 14.9 Å². The van der Waals surface area contributed by atoms with Crippen molar-refractivity contribution in [2.75, 3.05) is 11.9 Å². The molecule has 0 aliphatic rings. The van der Waals surface area contributed by atoms with Gasteiger partial charge in [0.05, 0.1) is 5.02 Å². The highest BCUT2D eigenvalue weighted by Crippen LogP contribution is 2.29. The molecule has 2 aromatic rings. The number of nitrogens with zero attached hydrogens (tertiary/aromatic N) is 1. The summed E-state index contributed by atoms with van der Waals surface area (Å²) in [6, 6.07) is 11.2. The van der Waals surface area contributed by atoms with Crippen LogP contribution in [0.3, 0.4) is 0 Å². The van der Waals surface area contributed by atoms with Crippen LogP contribution in [-0.4, -0.2) is 13.1 Å². The standard InChI is InChI=1S/C14H11ClFNO2S/c1-17(9-5-3-2-4-6-9)14(18)19-12-8-13(20)10(15)7-11(12)16/h2-8,20H,1H3. The lowest BCUT2D eigenvalue weighted by Crippen LogP contribution is -2.29. The predicted octanol–water partition coefficient (Wildman–Crippen LogP) is 4.40. The van der Waals surface area contributed by atoms with Gasteiger partial charge >= 0.3 is 6.09 Å². The van der Waals surface area contributed by atoms with Crippen LogP contribution in [0.2, 0.25) is 5.02 Å². The molecule has 0 aliphatic heterocycles. The van der Waals surface area contributed by atoms with E-state index in [1.807, 2.05) is 6.07 Å². The van der Waals surface area contributed by atoms with E-state index in [0.717, 1.165) is 6.07 Å². The van der Waals surface area contributed by atoms with E-state index in [2.05, 4.69) is 12.6 Å². The van der Waals surface area contributed by atoms with Crippen molar-refractivity contribution >= 4 is 36.0 Å². The average molecular weight is 312 g/mol. The highest BCUT2D eigenvalue weighted by atomic mass is 35.5. The predicted molar refractivity (Wildman–Crippen MR) is 79.5 cm³/mol. The zero-order valence-corrected chi connectivity index (χ0v) is 12.2. The minimum atomic E-state index is -0.720. The van der Waals surface area contributed by atoms with E-state index >= 15 is 0 Å². The SMILES string of the molecule is CN(C(=O)Oc1cc(S)c(Cl)cc1F)c1ccccc1. The van der Waals surface area contributed by atoms with Crippen LogP contribution < -0.4 is 9.64 Å². The van der Waals surface area contributed by atoms with E-state index in [-0.39, 0.29) is 10.8 Å². The van der Waals surface area contributed by atoms with Gasteiger partial charge in [-0.05, 0) is 24.3 Å². The molecule has 0 fully saturated rings. The second kappa shape index (κ2) is 6.15. The van der Waals surface area contributed by atoms with Crippen LogP contribution in [0.25, 0.3) is 0 Å². The fourth-order valence-corrected chi connectivity index (χ4v) is 1.85. The molecular weight excluding hydrogens is 301 g/mol. The van der Waals surface area contributed by atoms with Crippen LogP contribution in [0.1, 0.15) is 0 Å². The molecule has 0 atom stereocenters. The van der Waals surface area contributed by atoms with E-state index in [0.29, 0.717) is 10.6 Å². The summed E-state index contributed by atoms with van der Waals surface area (Å²) < 4.78 is 18.6. The van der Waals surface area contributed by atoms with E-state index in [9.17, 15) is 9.18 Å². The number of benzene rings is 2. The molecule has 0 saturated heterocycles. The maximum atomic E-state index is 13.6. The van der Waals surface area contributed by atoms with Crippen molar-refractivity contribution in [3.05, 3.63) is 53.3 Å². The average Bonchev–Trinajstić information content (AvgIpc) is 2.44. The number of hydrogen-bond acceptors (Lipinski definition) is 3. The van der Waals surface area contributed by atoms with Crippen LogP contribution in [0, 0.1) is 5.82 Å². The summed E-state index contributed by atoms with van der Waals surface area (Å²) in [5.74, 6) is -0.935. The number of carbonyl (C=O) groups is 1. The molecule has 104 valence electrons. The number of hydrogen-bond donors (Lipinski definition) is 1. The summed E-state index contributed by atoms with van der Waals surface area (Å²) >= 11 is 9.77.